The molecule has 0 unspecified atom stereocenters. The van der Waals surface area contributed by atoms with Crippen LogP contribution in [0.4, 0.5) is 17.1 Å². The average molecular weight is 358 g/mol. The number of hydrogen-bond acceptors (Lipinski definition) is 3. The van der Waals surface area contributed by atoms with Crippen LogP contribution in [0.3, 0.4) is 0 Å². The molecule has 0 heterocycles. The fourth-order valence-electron chi connectivity index (χ4n) is 2.83. The summed E-state index contributed by atoms with van der Waals surface area (Å²) in [6.45, 7) is 3.56. The highest BCUT2D eigenvalue weighted by molar-refractivity contribution is 5.95. The summed E-state index contributed by atoms with van der Waals surface area (Å²) in [5.74, 6) is -0.0132. The van der Waals surface area contributed by atoms with Crippen molar-refractivity contribution in [2.75, 3.05) is 10.6 Å². The van der Waals surface area contributed by atoms with Crippen LogP contribution in [0, 0.1) is 6.92 Å². The third-order valence-electron chi connectivity index (χ3n) is 4.17. The number of benzene rings is 3. The van der Waals surface area contributed by atoms with Crippen molar-refractivity contribution < 1.29 is 9.59 Å². The summed E-state index contributed by atoms with van der Waals surface area (Å²) in [6.07, 6.45) is 0.347. The van der Waals surface area contributed by atoms with Gasteiger partial charge >= 0.3 is 0 Å². The van der Waals surface area contributed by atoms with E-state index in [9.17, 15) is 9.59 Å². The minimum atomic E-state index is -0.0459. The number of amides is 1. The van der Waals surface area contributed by atoms with Gasteiger partial charge in [-0.25, -0.2) is 0 Å². The molecular weight excluding hydrogens is 336 g/mol. The Morgan fingerprint density at radius 3 is 2.22 bits per heavy atom. The predicted octanol–water partition coefficient (Wildman–Crippen LogP) is 5.12. The average Bonchev–Trinajstić information content (AvgIpc) is 2.63. The molecule has 0 saturated heterocycles. The van der Waals surface area contributed by atoms with Crippen LogP contribution in [-0.2, 0) is 11.2 Å². The molecule has 3 aromatic carbocycles. The molecule has 0 aromatic heterocycles. The van der Waals surface area contributed by atoms with Crippen molar-refractivity contribution in [3.63, 3.8) is 0 Å². The molecule has 2 N–H and O–H groups in total. The maximum absolute atomic E-state index is 12.2. The Balaban J connectivity index is 1.61. The van der Waals surface area contributed by atoms with E-state index >= 15 is 0 Å². The Morgan fingerprint density at radius 2 is 1.52 bits per heavy atom. The molecule has 0 aliphatic rings. The fourth-order valence-corrected chi connectivity index (χ4v) is 2.83. The smallest absolute Gasteiger partial charge is 0.228 e. The van der Waals surface area contributed by atoms with Crippen molar-refractivity contribution >= 4 is 28.8 Å². The van der Waals surface area contributed by atoms with Crippen molar-refractivity contribution in [2.24, 2.45) is 0 Å². The highest BCUT2D eigenvalue weighted by Crippen LogP contribution is 2.20. The molecule has 0 atom stereocenters. The van der Waals surface area contributed by atoms with Gasteiger partial charge in [-0.1, -0.05) is 42.0 Å². The van der Waals surface area contributed by atoms with E-state index in [2.05, 4.69) is 10.6 Å². The molecule has 0 bridgehead atoms. The van der Waals surface area contributed by atoms with Crippen LogP contribution in [-0.4, -0.2) is 11.7 Å². The van der Waals surface area contributed by atoms with Crippen molar-refractivity contribution in [3.05, 3.63) is 89.5 Å². The number of aryl methyl sites for hydroxylation is 1. The third kappa shape index (κ3) is 5.28. The molecule has 3 aromatic rings. The lowest BCUT2D eigenvalue weighted by molar-refractivity contribution is -0.115. The van der Waals surface area contributed by atoms with Gasteiger partial charge in [0.15, 0.2) is 5.78 Å². The van der Waals surface area contributed by atoms with Crippen LogP contribution in [0.5, 0.6) is 0 Å². The number of nitrogens with one attached hydrogen (secondary N) is 2. The predicted molar refractivity (Wildman–Crippen MR) is 110 cm³/mol. The zero-order valence-corrected chi connectivity index (χ0v) is 15.5. The first-order chi connectivity index (χ1) is 13.0. The van der Waals surface area contributed by atoms with Crippen molar-refractivity contribution in [1.29, 1.82) is 0 Å². The number of carbonyl (C=O) groups is 2. The van der Waals surface area contributed by atoms with E-state index < -0.39 is 0 Å². The van der Waals surface area contributed by atoms with E-state index in [1.165, 1.54) is 0 Å². The molecule has 0 spiro atoms. The van der Waals surface area contributed by atoms with E-state index in [1.807, 2.05) is 73.7 Å². The Hall–Kier alpha value is -3.40. The lowest BCUT2D eigenvalue weighted by Crippen LogP contribution is -2.14. The lowest BCUT2D eigenvalue weighted by atomic mass is 10.1. The van der Waals surface area contributed by atoms with E-state index in [4.69, 9.17) is 0 Å². The highest BCUT2D eigenvalue weighted by atomic mass is 16.1. The summed E-state index contributed by atoms with van der Waals surface area (Å²) in [4.78, 5) is 23.7. The third-order valence-corrected chi connectivity index (χ3v) is 4.17. The number of hydrogen-bond donors (Lipinski definition) is 2. The van der Waals surface area contributed by atoms with Crippen LogP contribution >= 0.6 is 0 Å². The van der Waals surface area contributed by atoms with Crippen LogP contribution < -0.4 is 10.6 Å². The fraction of sp³-hybridized carbons (Fsp3) is 0.130. The van der Waals surface area contributed by atoms with Gasteiger partial charge in [0.2, 0.25) is 5.91 Å². The van der Waals surface area contributed by atoms with Gasteiger partial charge in [-0.2, -0.15) is 0 Å². The van der Waals surface area contributed by atoms with Gasteiger partial charge in [0, 0.05) is 22.6 Å². The summed E-state index contributed by atoms with van der Waals surface area (Å²) in [5.41, 5.74) is 5.28. The molecule has 136 valence electrons. The van der Waals surface area contributed by atoms with Gasteiger partial charge in [-0.15, -0.1) is 0 Å². The second kappa shape index (κ2) is 8.32. The normalized spacial score (nSPS) is 10.3. The van der Waals surface area contributed by atoms with Crippen LogP contribution in [0.2, 0.25) is 0 Å². The standard InChI is InChI=1S/C23H22N2O2/c1-16-5-3-6-18(13-16)14-23(27)25-21-11-9-20(10-12-21)24-22-8-4-7-19(15-22)17(2)26/h3-13,15,24H,14H2,1-2H3,(H,25,27). The van der Waals surface area contributed by atoms with Gasteiger partial charge in [-0.05, 0) is 55.8 Å². The molecule has 0 aliphatic heterocycles. The van der Waals surface area contributed by atoms with Gasteiger partial charge in [0.05, 0.1) is 6.42 Å². The molecule has 4 heteroatoms. The molecule has 0 radical (unpaired) electrons. The topological polar surface area (TPSA) is 58.2 Å². The van der Waals surface area contributed by atoms with Crippen LogP contribution in [0.25, 0.3) is 0 Å². The minimum absolute atomic E-state index is 0.0327. The molecule has 3 rings (SSSR count). The van der Waals surface area contributed by atoms with Crippen molar-refractivity contribution in [3.8, 4) is 0 Å². The van der Waals surface area contributed by atoms with E-state index in [0.717, 1.165) is 28.2 Å². The summed E-state index contributed by atoms with van der Waals surface area (Å²) < 4.78 is 0. The van der Waals surface area contributed by atoms with Gasteiger partial charge < -0.3 is 10.6 Å². The molecule has 1 amide bonds. The Bertz CT molecular complexity index is 962. The van der Waals surface area contributed by atoms with Crippen LogP contribution in [0.15, 0.2) is 72.8 Å². The molecule has 27 heavy (non-hydrogen) atoms. The molecule has 0 fully saturated rings. The quantitative estimate of drug-likeness (QED) is 0.601. The van der Waals surface area contributed by atoms with Gasteiger partial charge in [0.25, 0.3) is 0 Å². The Kier molecular flexibility index (Phi) is 5.67. The maximum atomic E-state index is 12.2. The first kappa shape index (κ1) is 18.4. The monoisotopic (exact) mass is 358 g/mol. The van der Waals surface area contributed by atoms with E-state index in [0.29, 0.717) is 12.0 Å². The zero-order valence-electron chi connectivity index (χ0n) is 15.5. The largest absolute Gasteiger partial charge is 0.356 e. The zero-order chi connectivity index (χ0) is 19.2. The van der Waals surface area contributed by atoms with E-state index in [-0.39, 0.29) is 11.7 Å². The first-order valence-corrected chi connectivity index (χ1v) is 8.83. The molecular formula is C23H22N2O2. The summed E-state index contributed by atoms with van der Waals surface area (Å²) in [5, 5.41) is 6.17. The molecule has 4 nitrogen and oxygen atoms in total. The van der Waals surface area contributed by atoms with Gasteiger partial charge in [-0.3, -0.25) is 9.59 Å². The number of Topliss-reactive ketones (excluding diaryl/α,β-unsaturated/α-hetero) is 1. The summed E-state index contributed by atoms with van der Waals surface area (Å²) >= 11 is 0. The Labute approximate surface area is 159 Å². The van der Waals surface area contributed by atoms with E-state index in [1.54, 1.807) is 13.0 Å². The molecule has 0 aliphatic carbocycles. The van der Waals surface area contributed by atoms with Crippen molar-refractivity contribution in [2.45, 2.75) is 20.3 Å². The second-order valence-corrected chi connectivity index (χ2v) is 6.55. The number of rotatable bonds is 6. The van der Waals surface area contributed by atoms with Crippen LogP contribution in [0.1, 0.15) is 28.4 Å². The SMILES string of the molecule is CC(=O)c1cccc(Nc2ccc(NC(=O)Cc3cccc(C)c3)cc2)c1. The number of ketones is 1. The lowest BCUT2D eigenvalue weighted by Gasteiger charge is -2.10. The second-order valence-electron chi connectivity index (χ2n) is 6.55. The summed E-state index contributed by atoms with van der Waals surface area (Å²) in [6, 6.07) is 22.8. The van der Waals surface area contributed by atoms with Crippen molar-refractivity contribution in [1.82, 2.24) is 0 Å². The minimum Gasteiger partial charge on any atom is -0.356 e. The number of carbonyl (C=O) groups excluding carboxylic acids is 2. The highest BCUT2D eigenvalue weighted by Gasteiger charge is 2.05. The summed E-state index contributed by atoms with van der Waals surface area (Å²) in [7, 11) is 0. The first-order valence-electron chi connectivity index (χ1n) is 8.83. The Morgan fingerprint density at radius 1 is 0.815 bits per heavy atom. The number of anilines is 3. The maximum Gasteiger partial charge on any atom is 0.228 e. The molecule has 0 saturated carbocycles. The van der Waals surface area contributed by atoms with Gasteiger partial charge in [0.1, 0.15) is 0 Å².